The lowest BCUT2D eigenvalue weighted by Gasteiger charge is -2.22. The number of hydrogen-bond acceptors (Lipinski definition) is 3. The van der Waals surface area contributed by atoms with Crippen molar-refractivity contribution in [3.63, 3.8) is 0 Å². The molecule has 16 rings (SSSR count). The van der Waals surface area contributed by atoms with Crippen molar-refractivity contribution < 1.29 is 0 Å². The zero-order chi connectivity index (χ0) is 55.0. The Morgan fingerprint density at radius 2 is 0.627 bits per heavy atom. The van der Waals surface area contributed by atoms with Crippen molar-refractivity contribution in [2.75, 3.05) is 0 Å². The summed E-state index contributed by atoms with van der Waals surface area (Å²) in [6.45, 7) is 0. The van der Waals surface area contributed by atoms with Gasteiger partial charge in [0.25, 0.3) is 0 Å². The molecule has 4 aromatic heterocycles. The molecular formula is C77H48N6. The van der Waals surface area contributed by atoms with Gasteiger partial charge in [0.2, 0.25) is 0 Å². The van der Waals surface area contributed by atoms with Crippen LogP contribution in [0.25, 0.3) is 150 Å². The summed E-state index contributed by atoms with van der Waals surface area (Å²) in [5.41, 5.74) is 21.4. The van der Waals surface area contributed by atoms with Crippen LogP contribution in [0.5, 0.6) is 0 Å². The lowest BCUT2D eigenvalue weighted by atomic mass is 9.92. The SMILES string of the molecule is N#Cc1ccc(-c2ccc3c(c2)c2ccccc2n3-c2c(-c3ccc(-n4c5ccccc5c5ccccc54)cc3)cc(-c3nc(-c4ccccc4)cc(-c4ccccc4)n3)cc2-c2ccc(-n3c4ccccc4c4ccccc43)cc2)cc1. The number of aromatic nitrogens is 5. The van der Waals surface area contributed by atoms with E-state index in [1.165, 1.54) is 21.5 Å². The summed E-state index contributed by atoms with van der Waals surface area (Å²) in [7, 11) is 0. The highest BCUT2D eigenvalue weighted by Crippen LogP contribution is 2.46. The molecule has 0 N–H and O–H groups in total. The number of hydrogen-bond donors (Lipinski definition) is 0. The summed E-state index contributed by atoms with van der Waals surface area (Å²) in [5.74, 6) is 0.623. The van der Waals surface area contributed by atoms with Gasteiger partial charge in [-0.15, -0.1) is 0 Å². The molecule has 0 aliphatic rings. The number of benzene rings is 12. The average Bonchev–Trinajstić information content (AvgIpc) is 4.39. The minimum atomic E-state index is 0.623. The largest absolute Gasteiger partial charge is 0.309 e. The van der Waals surface area contributed by atoms with Crippen LogP contribution < -0.4 is 0 Å². The van der Waals surface area contributed by atoms with E-state index in [2.05, 4.69) is 275 Å². The summed E-state index contributed by atoms with van der Waals surface area (Å²) >= 11 is 0. The van der Waals surface area contributed by atoms with Gasteiger partial charge >= 0.3 is 0 Å². The van der Waals surface area contributed by atoms with E-state index in [9.17, 15) is 5.26 Å². The molecule has 0 radical (unpaired) electrons. The highest BCUT2D eigenvalue weighted by molar-refractivity contribution is 6.13. The van der Waals surface area contributed by atoms with Crippen molar-refractivity contribution in [2.24, 2.45) is 0 Å². The lowest BCUT2D eigenvalue weighted by molar-refractivity contribution is 1.16. The third-order valence-corrected chi connectivity index (χ3v) is 16.5. The standard InChI is InChI=1S/C77H48N6/c78-49-50-31-33-51(34-32-50)56-39-44-75-67(45-56)64-25-11-16-30-74(64)83(75)76-65(52-35-40-58(41-36-52)81-70-26-12-7-21-60(70)61-22-8-13-27-71(61)81)46-57(77-79-68(54-17-3-1-4-18-54)48-69(80-77)55-19-5-2-6-20-55)47-66(76)53-37-42-59(43-38-53)82-72-28-14-9-23-62(72)63-24-10-15-29-73(63)82/h1-48H. The van der Waals surface area contributed by atoms with Gasteiger partial charge < -0.3 is 13.7 Å². The van der Waals surface area contributed by atoms with E-state index in [1.54, 1.807) is 0 Å². The molecule has 0 bridgehead atoms. The second kappa shape index (κ2) is 19.5. The predicted octanol–water partition coefficient (Wildman–Crippen LogP) is 19.6. The summed E-state index contributed by atoms with van der Waals surface area (Å²) < 4.78 is 7.23. The van der Waals surface area contributed by atoms with Gasteiger partial charge in [-0.3, -0.25) is 0 Å². The van der Waals surface area contributed by atoms with Crippen LogP contribution in [0.1, 0.15) is 5.56 Å². The number of fused-ring (bicyclic) bond motifs is 9. The Morgan fingerprint density at radius 1 is 0.265 bits per heavy atom. The van der Waals surface area contributed by atoms with Crippen molar-refractivity contribution in [2.45, 2.75) is 0 Å². The van der Waals surface area contributed by atoms with Gasteiger partial charge in [0.05, 0.1) is 61.8 Å². The highest BCUT2D eigenvalue weighted by Gasteiger charge is 2.25. The molecule has 83 heavy (non-hydrogen) atoms. The first-order valence-corrected chi connectivity index (χ1v) is 28.0. The number of nitriles is 1. The molecule has 6 heteroatoms. The fraction of sp³-hybridized carbons (Fsp3) is 0. The molecule has 0 fully saturated rings. The second-order valence-corrected chi connectivity index (χ2v) is 21.2. The maximum Gasteiger partial charge on any atom is 0.160 e. The maximum absolute atomic E-state index is 9.68. The second-order valence-electron chi connectivity index (χ2n) is 21.2. The minimum absolute atomic E-state index is 0.623. The quantitative estimate of drug-likeness (QED) is 0.145. The van der Waals surface area contributed by atoms with Crippen LogP contribution in [0, 0.1) is 11.3 Å². The van der Waals surface area contributed by atoms with Crippen LogP contribution in [-0.2, 0) is 0 Å². The third kappa shape index (κ3) is 7.94. The zero-order valence-electron chi connectivity index (χ0n) is 44.9. The average molecular weight is 1060 g/mol. The van der Waals surface area contributed by atoms with E-state index < -0.39 is 0 Å². The summed E-state index contributed by atoms with van der Waals surface area (Å²) in [4.78, 5) is 11.0. The van der Waals surface area contributed by atoms with Gasteiger partial charge in [0.15, 0.2) is 5.82 Å². The van der Waals surface area contributed by atoms with Gasteiger partial charge in [-0.25, -0.2) is 9.97 Å². The molecule has 0 amide bonds. The molecule has 0 aliphatic carbocycles. The molecule has 16 aromatic rings. The molecule has 0 aliphatic heterocycles. The van der Waals surface area contributed by atoms with E-state index in [1.807, 2.05) is 36.4 Å². The molecule has 0 saturated heterocycles. The van der Waals surface area contributed by atoms with Crippen molar-refractivity contribution >= 4 is 65.4 Å². The van der Waals surface area contributed by atoms with Crippen LogP contribution in [0.2, 0.25) is 0 Å². The summed E-state index contributed by atoms with van der Waals surface area (Å²) in [6, 6.07) is 106. The van der Waals surface area contributed by atoms with E-state index in [4.69, 9.17) is 9.97 Å². The molecular weight excluding hydrogens is 1010 g/mol. The van der Waals surface area contributed by atoms with Crippen LogP contribution in [0.15, 0.2) is 291 Å². The molecule has 0 saturated carbocycles. The Labute approximate surface area is 478 Å². The van der Waals surface area contributed by atoms with Crippen molar-refractivity contribution in [3.8, 4) is 90.4 Å². The number of nitrogens with zero attached hydrogens (tertiary/aromatic N) is 6. The predicted molar refractivity (Wildman–Crippen MR) is 342 cm³/mol. The molecule has 0 atom stereocenters. The fourth-order valence-electron chi connectivity index (χ4n) is 12.6. The van der Waals surface area contributed by atoms with Crippen LogP contribution >= 0.6 is 0 Å². The topological polar surface area (TPSA) is 64.4 Å². The number of rotatable bonds is 9. The smallest absolute Gasteiger partial charge is 0.160 e. The molecule has 386 valence electrons. The van der Waals surface area contributed by atoms with Gasteiger partial charge in [0, 0.05) is 71.5 Å². The molecule has 4 heterocycles. The maximum atomic E-state index is 9.68. The first-order chi connectivity index (χ1) is 41.1. The Bertz CT molecular complexity index is 4890. The van der Waals surface area contributed by atoms with E-state index in [-0.39, 0.29) is 0 Å². The third-order valence-electron chi connectivity index (χ3n) is 16.5. The van der Waals surface area contributed by atoms with Gasteiger partial charge in [-0.05, 0) is 119 Å². The van der Waals surface area contributed by atoms with Crippen LogP contribution in [0.4, 0.5) is 0 Å². The first-order valence-electron chi connectivity index (χ1n) is 28.0. The lowest BCUT2D eigenvalue weighted by Crippen LogP contribution is -2.03. The van der Waals surface area contributed by atoms with Crippen LogP contribution in [-0.4, -0.2) is 23.7 Å². The van der Waals surface area contributed by atoms with Gasteiger partial charge in [-0.2, -0.15) is 5.26 Å². The van der Waals surface area contributed by atoms with Crippen molar-refractivity contribution in [1.29, 1.82) is 5.26 Å². The van der Waals surface area contributed by atoms with Crippen molar-refractivity contribution in [1.82, 2.24) is 23.7 Å². The normalized spacial score (nSPS) is 11.6. The van der Waals surface area contributed by atoms with Crippen LogP contribution in [0.3, 0.4) is 0 Å². The minimum Gasteiger partial charge on any atom is -0.309 e. The molecule has 12 aromatic carbocycles. The van der Waals surface area contributed by atoms with E-state index >= 15 is 0 Å². The highest BCUT2D eigenvalue weighted by atomic mass is 15.0. The Kier molecular flexibility index (Phi) is 11.2. The van der Waals surface area contributed by atoms with E-state index in [0.717, 1.165) is 122 Å². The van der Waals surface area contributed by atoms with Gasteiger partial charge in [-0.1, -0.05) is 194 Å². The van der Waals surface area contributed by atoms with Gasteiger partial charge in [0.1, 0.15) is 0 Å². The monoisotopic (exact) mass is 1060 g/mol. The Hall–Kier alpha value is -11.4. The molecule has 0 unspecified atom stereocenters. The number of para-hydroxylation sites is 5. The molecule has 6 nitrogen and oxygen atoms in total. The fourth-order valence-corrected chi connectivity index (χ4v) is 12.6. The summed E-state index contributed by atoms with van der Waals surface area (Å²) in [5, 5.41) is 16.8. The molecule has 0 spiro atoms. The Morgan fingerprint density at radius 3 is 1.06 bits per heavy atom. The van der Waals surface area contributed by atoms with Crippen molar-refractivity contribution in [3.05, 3.63) is 297 Å². The zero-order valence-corrected chi connectivity index (χ0v) is 44.9. The Balaban J connectivity index is 0.990. The van der Waals surface area contributed by atoms with E-state index in [0.29, 0.717) is 11.4 Å². The first kappa shape index (κ1) is 47.6. The summed E-state index contributed by atoms with van der Waals surface area (Å²) in [6.07, 6.45) is 0.